The summed E-state index contributed by atoms with van der Waals surface area (Å²) in [5.41, 5.74) is -0.756. The summed E-state index contributed by atoms with van der Waals surface area (Å²) in [7, 11) is 0. The van der Waals surface area contributed by atoms with Gasteiger partial charge in [0.1, 0.15) is 11.9 Å². The van der Waals surface area contributed by atoms with Gasteiger partial charge in [0.05, 0.1) is 6.42 Å². The van der Waals surface area contributed by atoms with Gasteiger partial charge in [0.15, 0.2) is 0 Å². The summed E-state index contributed by atoms with van der Waals surface area (Å²) in [6.07, 6.45) is 7.01. The quantitative estimate of drug-likeness (QED) is 0.274. The predicted molar refractivity (Wildman–Crippen MR) is 133 cm³/mol. The zero-order valence-electron chi connectivity index (χ0n) is 22.8. The van der Waals surface area contributed by atoms with Gasteiger partial charge in [-0.1, -0.05) is 68.2 Å². The standard InChI is InChI=1S/C28H50O5/c1-10-12-23(33-21(4)29)26(7,8)20(3)27(9,14-11-2)25(5,6)16-17-28(19-24(31)32)15-13-22(30)18-28/h20,23H,10-19H2,1-9H3,(H,31,32)/t20-,23+,27-,28-/m1/s1. The van der Waals surface area contributed by atoms with Crippen LogP contribution in [0.15, 0.2) is 0 Å². The monoisotopic (exact) mass is 466 g/mol. The van der Waals surface area contributed by atoms with Crippen LogP contribution < -0.4 is 0 Å². The van der Waals surface area contributed by atoms with Gasteiger partial charge in [0.2, 0.25) is 0 Å². The first-order chi connectivity index (χ1) is 15.1. The Morgan fingerprint density at radius 2 is 1.70 bits per heavy atom. The largest absolute Gasteiger partial charge is 0.481 e. The zero-order chi connectivity index (χ0) is 25.7. The van der Waals surface area contributed by atoms with Crippen molar-refractivity contribution < 1.29 is 24.2 Å². The lowest BCUT2D eigenvalue weighted by atomic mass is 9.50. The number of esters is 1. The van der Waals surface area contributed by atoms with Crippen molar-refractivity contribution in [1.29, 1.82) is 0 Å². The minimum absolute atomic E-state index is 0.0512. The summed E-state index contributed by atoms with van der Waals surface area (Å²) < 4.78 is 5.83. The number of ether oxygens (including phenoxy) is 1. The summed E-state index contributed by atoms with van der Waals surface area (Å²) in [5, 5.41) is 9.52. The van der Waals surface area contributed by atoms with Crippen LogP contribution in [0.2, 0.25) is 0 Å². The molecule has 0 aromatic rings. The van der Waals surface area contributed by atoms with Gasteiger partial charge in [-0.3, -0.25) is 14.4 Å². The molecule has 33 heavy (non-hydrogen) atoms. The van der Waals surface area contributed by atoms with Crippen molar-refractivity contribution >= 4 is 17.7 Å². The highest BCUT2D eigenvalue weighted by Crippen LogP contribution is 2.58. The molecule has 0 unspecified atom stereocenters. The van der Waals surface area contributed by atoms with Crippen molar-refractivity contribution in [3.63, 3.8) is 0 Å². The molecule has 0 aromatic heterocycles. The normalized spacial score (nSPS) is 23.1. The van der Waals surface area contributed by atoms with E-state index in [4.69, 9.17) is 4.74 Å². The molecule has 5 nitrogen and oxygen atoms in total. The van der Waals surface area contributed by atoms with Gasteiger partial charge in [-0.25, -0.2) is 0 Å². The van der Waals surface area contributed by atoms with E-state index in [9.17, 15) is 19.5 Å². The van der Waals surface area contributed by atoms with Gasteiger partial charge >= 0.3 is 11.9 Å². The molecular formula is C28H50O5. The molecule has 1 saturated carbocycles. The molecule has 1 aliphatic carbocycles. The number of carbonyl (C=O) groups is 3. The molecule has 0 amide bonds. The second kappa shape index (κ2) is 11.4. The van der Waals surface area contributed by atoms with E-state index in [2.05, 4.69) is 55.4 Å². The molecule has 0 radical (unpaired) electrons. The van der Waals surface area contributed by atoms with E-state index in [1.165, 1.54) is 6.92 Å². The van der Waals surface area contributed by atoms with E-state index in [1.807, 2.05) is 0 Å². The summed E-state index contributed by atoms with van der Waals surface area (Å²) in [6.45, 7) is 19.6. The maximum absolute atomic E-state index is 12.1. The third-order valence-corrected chi connectivity index (χ3v) is 9.39. The fourth-order valence-corrected chi connectivity index (χ4v) is 6.44. The van der Waals surface area contributed by atoms with Crippen molar-refractivity contribution in [2.24, 2.45) is 27.6 Å². The van der Waals surface area contributed by atoms with Crippen LogP contribution in [0.1, 0.15) is 127 Å². The molecule has 0 aromatic carbocycles. The van der Waals surface area contributed by atoms with Gasteiger partial charge < -0.3 is 9.84 Å². The SMILES string of the molecule is CCC[C@H](OC(C)=O)C(C)(C)[C@@H](C)[C@@](C)(CCC)C(C)(C)CC[C@]1(CC(=O)O)CCC(=O)C1. The topological polar surface area (TPSA) is 80.7 Å². The van der Waals surface area contributed by atoms with E-state index in [1.54, 1.807) is 0 Å². The number of hydrogen-bond donors (Lipinski definition) is 1. The van der Waals surface area contributed by atoms with Gasteiger partial charge in [-0.05, 0) is 54.3 Å². The molecule has 1 fully saturated rings. The summed E-state index contributed by atoms with van der Waals surface area (Å²) in [4.78, 5) is 35.6. The Hall–Kier alpha value is -1.39. The summed E-state index contributed by atoms with van der Waals surface area (Å²) >= 11 is 0. The summed E-state index contributed by atoms with van der Waals surface area (Å²) in [5.74, 6) is -0.580. The predicted octanol–water partition coefficient (Wildman–Crippen LogP) is 7.21. The van der Waals surface area contributed by atoms with Crippen molar-refractivity contribution in [2.45, 2.75) is 133 Å². The van der Waals surface area contributed by atoms with Crippen LogP contribution in [0.4, 0.5) is 0 Å². The number of ketones is 1. The van der Waals surface area contributed by atoms with Gasteiger partial charge in [0, 0.05) is 25.2 Å². The van der Waals surface area contributed by atoms with Gasteiger partial charge in [-0.2, -0.15) is 0 Å². The zero-order valence-corrected chi connectivity index (χ0v) is 22.8. The first kappa shape index (κ1) is 29.6. The first-order valence-corrected chi connectivity index (χ1v) is 13.0. The molecule has 0 aliphatic heterocycles. The molecule has 192 valence electrons. The lowest BCUT2D eigenvalue weighted by Gasteiger charge is -2.55. The molecular weight excluding hydrogens is 416 g/mol. The van der Waals surface area contributed by atoms with Gasteiger partial charge in [-0.15, -0.1) is 0 Å². The Morgan fingerprint density at radius 3 is 2.12 bits per heavy atom. The first-order valence-electron chi connectivity index (χ1n) is 13.0. The van der Waals surface area contributed by atoms with Crippen LogP contribution in [0.5, 0.6) is 0 Å². The van der Waals surface area contributed by atoms with Crippen LogP contribution in [-0.2, 0) is 19.1 Å². The van der Waals surface area contributed by atoms with Crippen LogP contribution in [0.25, 0.3) is 0 Å². The molecule has 0 saturated heterocycles. The Morgan fingerprint density at radius 1 is 1.09 bits per heavy atom. The van der Waals surface area contributed by atoms with E-state index < -0.39 is 11.4 Å². The Bertz CT molecular complexity index is 694. The highest BCUT2D eigenvalue weighted by molar-refractivity contribution is 5.82. The lowest BCUT2D eigenvalue weighted by Crippen LogP contribution is -2.51. The molecule has 1 aliphatic rings. The third kappa shape index (κ3) is 7.05. The highest BCUT2D eigenvalue weighted by atomic mass is 16.5. The second-order valence-corrected chi connectivity index (χ2v) is 12.3. The number of carboxylic acids is 1. The molecule has 1 rings (SSSR count). The number of carboxylic acid groups (broad SMARTS) is 1. The van der Waals surface area contributed by atoms with Crippen molar-refractivity contribution in [3.05, 3.63) is 0 Å². The van der Waals surface area contributed by atoms with E-state index in [0.29, 0.717) is 19.3 Å². The van der Waals surface area contributed by atoms with Crippen LogP contribution >= 0.6 is 0 Å². The van der Waals surface area contributed by atoms with E-state index >= 15 is 0 Å². The fourth-order valence-electron chi connectivity index (χ4n) is 6.44. The molecule has 0 spiro atoms. The maximum atomic E-state index is 12.1. The number of Topliss-reactive ketones (excluding diaryl/α,β-unsaturated/α-hetero) is 1. The van der Waals surface area contributed by atoms with Crippen molar-refractivity contribution in [3.8, 4) is 0 Å². The average molecular weight is 467 g/mol. The number of carbonyl (C=O) groups excluding carboxylic acids is 2. The van der Waals surface area contributed by atoms with E-state index in [-0.39, 0.29) is 46.4 Å². The van der Waals surface area contributed by atoms with Crippen LogP contribution in [0, 0.1) is 27.6 Å². The maximum Gasteiger partial charge on any atom is 0.303 e. The highest BCUT2D eigenvalue weighted by Gasteiger charge is 2.52. The molecule has 1 N–H and O–H groups in total. The number of rotatable bonds is 14. The van der Waals surface area contributed by atoms with E-state index in [0.717, 1.165) is 38.5 Å². The van der Waals surface area contributed by atoms with Crippen molar-refractivity contribution in [2.75, 3.05) is 0 Å². The second-order valence-electron chi connectivity index (χ2n) is 12.3. The summed E-state index contributed by atoms with van der Waals surface area (Å²) in [6, 6.07) is 0. The Labute approximate surface area is 202 Å². The average Bonchev–Trinajstić information content (AvgIpc) is 3.05. The molecule has 4 atom stereocenters. The fraction of sp³-hybridized carbons (Fsp3) is 0.893. The Balaban J connectivity index is 3.25. The van der Waals surface area contributed by atoms with Crippen LogP contribution in [0.3, 0.4) is 0 Å². The minimum atomic E-state index is -0.808. The Kier molecular flexibility index (Phi) is 10.2. The lowest BCUT2D eigenvalue weighted by molar-refractivity contribution is -0.162. The minimum Gasteiger partial charge on any atom is -0.481 e. The van der Waals surface area contributed by atoms with Crippen molar-refractivity contribution in [1.82, 2.24) is 0 Å². The molecule has 0 heterocycles. The number of aliphatic carboxylic acids is 1. The number of hydrogen-bond acceptors (Lipinski definition) is 4. The van der Waals surface area contributed by atoms with Crippen LogP contribution in [-0.4, -0.2) is 28.9 Å². The smallest absolute Gasteiger partial charge is 0.303 e. The third-order valence-electron chi connectivity index (χ3n) is 9.39. The van der Waals surface area contributed by atoms with Gasteiger partial charge in [0.25, 0.3) is 0 Å². The molecule has 5 heteroatoms. The molecule has 0 bridgehead atoms.